The molecule has 5 atom stereocenters. The van der Waals surface area contributed by atoms with Crippen LogP contribution in [0.1, 0.15) is 33.2 Å². The molecule has 0 unspecified atom stereocenters. The van der Waals surface area contributed by atoms with E-state index in [-0.39, 0.29) is 16.8 Å². The van der Waals surface area contributed by atoms with Crippen LogP contribution in [0.5, 0.6) is 5.19 Å². The van der Waals surface area contributed by atoms with Crippen molar-refractivity contribution < 1.29 is 44.5 Å². The Morgan fingerprint density at radius 2 is 1.67 bits per heavy atom. The van der Waals surface area contributed by atoms with Gasteiger partial charge in [-0.3, -0.25) is 9.59 Å². The SMILES string of the molecule is CC(=O)c1cnc(N)s1.CC(=O)c1cnc(OO[C@H]2O[C@H](CO)[C@@H](O)[C@H](O)[C@@H]2O)s1. The molecule has 6 N–H and O–H groups in total. The second-order valence-corrected chi connectivity index (χ2v) is 8.10. The van der Waals surface area contributed by atoms with Crippen LogP contribution in [-0.4, -0.2) is 79.3 Å². The van der Waals surface area contributed by atoms with Gasteiger partial charge in [-0.2, -0.15) is 4.89 Å². The number of anilines is 1. The first kappa shape index (κ1) is 24.2. The molecule has 1 aliphatic heterocycles. The number of nitrogen functional groups attached to an aromatic ring is 1. The van der Waals surface area contributed by atoms with Gasteiger partial charge in [-0.25, -0.2) is 9.97 Å². The summed E-state index contributed by atoms with van der Waals surface area (Å²) in [5.74, 6) is -0.167. The summed E-state index contributed by atoms with van der Waals surface area (Å²) in [4.78, 5) is 39.8. The van der Waals surface area contributed by atoms with Gasteiger partial charge in [0.25, 0.3) is 0 Å². The summed E-state index contributed by atoms with van der Waals surface area (Å²) in [6, 6.07) is 0. The minimum atomic E-state index is -1.57. The molecule has 0 bridgehead atoms. The molecule has 3 rings (SSSR count). The van der Waals surface area contributed by atoms with E-state index in [0.29, 0.717) is 14.9 Å². The number of rotatable bonds is 6. The molecule has 12 nitrogen and oxygen atoms in total. The first-order chi connectivity index (χ1) is 14.1. The molecule has 0 radical (unpaired) electrons. The van der Waals surface area contributed by atoms with Gasteiger partial charge in [-0.15, -0.1) is 0 Å². The molecule has 3 heterocycles. The number of nitrogens with two attached hydrogens (primary N) is 1. The Balaban J connectivity index is 0.000000297. The van der Waals surface area contributed by atoms with Gasteiger partial charge in [0.05, 0.1) is 28.8 Å². The van der Waals surface area contributed by atoms with Gasteiger partial charge < -0.3 is 35.8 Å². The van der Waals surface area contributed by atoms with Crippen molar-refractivity contribution in [1.82, 2.24) is 9.97 Å². The van der Waals surface area contributed by atoms with Gasteiger partial charge in [0.15, 0.2) is 16.7 Å². The summed E-state index contributed by atoms with van der Waals surface area (Å²) < 4.78 is 5.06. The lowest BCUT2D eigenvalue weighted by Gasteiger charge is -2.38. The third-order valence-corrected chi connectivity index (χ3v) is 5.65. The second kappa shape index (κ2) is 10.8. The number of aromatic nitrogens is 2. The van der Waals surface area contributed by atoms with Crippen LogP contribution in [0.15, 0.2) is 12.4 Å². The van der Waals surface area contributed by atoms with Crippen molar-refractivity contribution in [2.45, 2.75) is 44.6 Å². The maximum absolute atomic E-state index is 11.1. The molecule has 1 fully saturated rings. The molecule has 0 spiro atoms. The fourth-order valence-corrected chi connectivity index (χ4v) is 3.34. The van der Waals surface area contributed by atoms with Crippen molar-refractivity contribution in [3.05, 3.63) is 22.1 Å². The molecule has 30 heavy (non-hydrogen) atoms. The number of ketones is 2. The lowest BCUT2D eigenvalue weighted by atomic mass is 9.99. The van der Waals surface area contributed by atoms with Crippen molar-refractivity contribution in [1.29, 1.82) is 0 Å². The van der Waals surface area contributed by atoms with Gasteiger partial charge in [-0.05, 0) is 0 Å². The standard InChI is InChI=1S/C11H15NO8S.C5H6N2OS/c1-4(14)6-2-12-11(21-6)20-19-10-9(17)8(16)7(15)5(3-13)18-10;1-3(8)4-2-7-5(6)9-4/h2,5,7-10,13,15-17H,3H2,1H3;2H,1H3,(H2,6,7)/t5-,7-,8+,9+,10-;/m1./s1. The van der Waals surface area contributed by atoms with E-state index in [1.807, 2.05) is 0 Å². The van der Waals surface area contributed by atoms with Crippen LogP contribution in [-0.2, 0) is 9.62 Å². The molecule has 0 saturated carbocycles. The van der Waals surface area contributed by atoms with Gasteiger partial charge in [0.2, 0.25) is 6.29 Å². The van der Waals surface area contributed by atoms with E-state index in [1.165, 1.54) is 37.6 Å². The van der Waals surface area contributed by atoms with Crippen molar-refractivity contribution in [3.63, 3.8) is 0 Å². The van der Waals surface area contributed by atoms with Gasteiger partial charge in [-0.1, -0.05) is 22.7 Å². The lowest BCUT2D eigenvalue weighted by molar-refractivity contribution is -0.386. The Labute approximate surface area is 178 Å². The van der Waals surface area contributed by atoms with E-state index in [0.717, 1.165) is 11.3 Å². The number of Topliss-reactive ketones (excluding diaryl/α,β-unsaturated/α-hetero) is 2. The summed E-state index contributed by atoms with van der Waals surface area (Å²) >= 11 is 2.15. The number of aliphatic hydroxyl groups excluding tert-OH is 4. The molecule has 2 aromatic rings. The zero-order chi connectivity index (χ0) is 22.4. The van der Waals surface area contributed by atoms with Gasteiger partial charge in [0, 0.05) is 13.8 Å². The number of thiazole rings is 2. The first-order valence-electron chi connectivity index (χ1n) is 8.46. The Kier molecular flexibility index (Phi) is 8.75. The van der Waals surface area contributed by atoms with Gasteiger partial charge >= 0.3 is 5.19 Å². The number of ether oxygens (including phenoxy) is 1. The molecule has 166 valence electrons. The summed E-state index contributed by atoms with van der Waals surface area (Å²) in [6.45, 7) is 2.29. The predicted octanol–water partition coefficient (Wildman–Crippen LogP) is -0.616. The molecule has 0 amide bonds. The van der Waals surface area contributed by atoms with Crippen molar-refractivity contribution in [2.75, 3.05) is 12.3 Å². The van der Waals surface area contributed by atoms with E-state index in [4.69, 9.17) is 25.4 Å². The highest BCUT2D eigenvalue weighted by atomic mass is 32.1. The molecule has 14 heteroatoms. The number of carbonyl (C=O) groups is 2. The Morgan fingerprint density at radius 1 is 1.07 bits per heavy atom. The van der Waals surface area contributed by atoms with E-state index < -0.39 is 37.3 Å². The number of carbonyl (C=O) groups excluding carboxylic acids is 2. The molecule has 0 aliphatic carbocycles. The summed E-state index contributed by atoms with van der Waals surface area (Å²) in [6.07, 6.45) is -4.34. The Hall–Kier alpha value is -2.04. The topological polar surface area (TPSA) is 195 Å². The Bertz CT molecular complexity index is 857. The van der Waals surface area contributed by atoms with Crippen LogP contribution < -0.4 is 10.6 Å². The third-order valence-electron chi connectivity index (χ3n) is 3.76. The maximum Gasteiger partial charge on any atom is 0.313 e. The first-order valence-corrected chi connectivity index (χ1v) is 10.1. The number of hydrogen-bond donors (Lipinski definition) is 5. The molecular weight excluding hydrogens is 442 g/mol. The molecule has 1 aliphatic rings. The summed E-state index contributed by atoms with van der Waals surface area (Å²) in [7, 11) is 0. The second-order valence-electron chi connectivity index (χ2n) is 6.04. The predicted molar refractivity (Wildman–Crippen MR) is 104 cm³/mol. The molecule has 0 aromatic carbocycles. The van der Waals surface area contributed by atoms with Gasteiger partial charge in [0.1, 0.15) is 24.4 Å². The van der Waals surface area contributed by atoms with Crippen LogP contribution in [0.2, 0.25) is 0 Å². The monoisotopic (exact) mass is 463 g/mol. The van der Waals surface area contributed by atoms with Crippen molar-refractivity contribution in [2.24, 2.45) is 0 Å². The molecule has 2 aromatic heterocycles. The third kappa shape index (κ3) is 6.23. The maximum atomic E-state index is 11.1. The van der Waals surface area contributed by atoms with E-state index in [9.17, 15) is 24.9 Å². The smallest absolute Gasteiger partial charge is 0.313 e. The normalized spacial score (nSPS) is 25.9. The lowest BCUT2D eigenvalue weighted by Crippen LogP contribution is -2.59. The number of hydrogen-bond acceptors (Lipinski definition) is 14. The van der Waals surface area contributed by atoms with E-state index >= 15 is 0 Å². The highest BCUT2D eigenvalue weighted by Gasteiger charge is 2.45. The average Bonchev–Trinajstić information content (AvgIpc) is 3.35. The molecular formula is C16H21N3O9S2. The summed E-state index contributed by atoms with van der Waals surface area (Å²) in [5, 5.41) is 38.3. The summed E-state index contributed by atoms with van der Waals surface area (Å²) in [5.41, 5.74) is 5.27. The van der Waals surface area contributed by atoms with Crippen LogP contribution in [0, 0.1) is 0 Å². The van der Waals surface area contributed by atoms with Crippen LogP contribution in [0.4, 0.5) is 5.13 Å². The van der Waals surface area contributed by atoms with E-state index in [2.05, 4.69) is 9.97 Å². The average molecular weight is 463 g/mol. The fraction of sp³-hybridized carbons (Fsp3) is 0.500. The zero-order valence-electron chi connectivity index (χ0n) is 15.9. The van der Waals surface area contributed by atoms with Crippen molar-refractivity contribution in [3.8, 4) is 5.19 Å². The quantitative estimate of drug-likeness (QED) is 0.207. The van der Waals surface area contributed by atoms with Crippen molar-refractivity contribution >= 4 is 39.4 Å². The molecule has 1 saturated heterocycles. The number of aliphatic hydroxyl groups is 4. The fourth-order valence-electron chi connectivity index (χ4n) is 2.15. The highest BCUT2D eigenvalue weighted by molar-refractivity contribution is 7.17. The zero-order valence-corrected chi connectivity index (χ0v) is 17.5. The minimum Gasteiger partial charge on any atom is -0.394 e. The van der Waals surface area contributed by atoms with Crippen LogP contribution in [0.25, 0.3) is 0 Å². The van der Waals surface area contributed by atoms with Crippen LogP contribution >= 0.6 is 22.7 Å². The number of nitrogens with zero attached hydrogens (tertiary/aromatic N) is 2. The highest BCUT2D eigenvalue weighted by Crippen LogP contribution is 2.25. The van der Waals surface area contributed by atoms with E-state index in [1.54, 1.807) is 0 Å². The van der Waals surface area contributed by atoms with Crippen LogP contribution in [0.3, 0.4) is 0 Å². The minimum absolute atomic E-state index is 0.0113. The Morgan fingerprint density at radius 3 is 2.13 bits per heavy atom. The largest absolute Gasteiger partial charge is 0.394 e.